The molecule has 0 radical (unpaired) electrons. The molecular formula is C26H24N4O3S2. The van der Waals surface area contributed by atoms with Gasteiger partial charge in [0.2, 0.25) is 11.8 Å². The largest absolute Gasteiger partial charge is 0.326 e. The molecule has 0 saturated heterocycles. The molecule has 1 heterocycles. The Labute approximate surface area is 211 Å². The molecule has 1 unspecified atom stereocenters. The van der Waals surface area contributed by atoms with E-state index in [1.54, 1.807) is 26.0 Å². The van der Waals surface area contributed by atoms with Gasteiger partial charge in [0.25, 0.3) is 5.91 Å². The quantitative estimate of drug-likeness (QED) is 0.343. The van der Waals surface area contributed by atoms with Crippen LogP contribution in [0.15, 0.2) is 59.5 Å². The molecule has 2 aromatic carbocycles. The van der Waals surface area contributed by atoms with Crippen molar-refractivity contribution < 1.29 is 14.4 Å². The van der Waals surface area contributed by atoms with Gasteiger partial charge in [0.1, 0.15) is 11.1 Å². The number of nitrogens with zero attached hydrogens (tertiary/aromatic N) is 1. The Balaban J connectivity index is 1.42. The predicted octanol–water partition coefficient (Wildman–Crippen LogP) is 5.65. The number of para-hydroxylation sites is 1. The van der Waals surface area contributed by atoms with Crippen molar-refractivity contribution in [2.24, 2.45) is 5.92 Å². The number of nitrogens with one attached hydrogen (secondary N) is 3. The van der Waals surface area contributed by atoms with Gasteiger partial charge in [0, 0.05) is 22.2 Å². The number of rotatable bonds is 8. The van der Waals surface area contributed by atoms with Crippen molar-refractivity contribution in [3.05, 3.63) is 70.6 Å². The van der Waals surface area contributed by atoms with Gasteiger partial charge in [-0.25, -0.2) is 0 Å². The second-order valence-corrected chi connectivity index (χ2v) is 10.7. The van der Waals surface area contributed by atoms with Crippen molar-refractivity contribution in [1.82, 2.24) is 0 Å². The van der Waals surface area contributed by atoms with Crippen molar-refractivity contribution in [3.8, 4) is 6.07 Å². The third kappa shape index (κ3) is 6.10. The Kier molecular flexibility index (Phi) is 7.54. The molecule has 4 rings (SSSR count). The predicted molar refractivity (Wildman–Crippen MR) is 140 cm³/mol. The molecule has 35 heavy (non-hydrogen) atoms. The number of amides is 3. The summed E-state index contributed by atoms with van der Waals surface area (Å²) in [5, 5.41) is 18.1. The maximum Gasteiger partial charge on any atom is 0.266 e. The van der Waals surface area contributed by atoms with Crippen LogP contribution >= 0.6 is 23.1 Å². The molecule has 9 heteroatoms. The number of hydrogen-bond acceptors (Lipinski definition) is 6. The van der Waals surface area contributed by atoms with Gasteiger partial charge in [-0.2, -0.15) is 5.26 Å². The molecule has 1 aliphatic carbocycles. The van der Waals surface area contributed by atoms with Crippen LogP contribution < -0.4 is 16.0 Å². The fraction of sp³-hybridized carbons (Fsp3) is 0.231. The average molecular weight is 505 g/mol. The summed E-state index contributed by atoms with van der Waals surface area (Å²) in [6.07, 6.45) is 1.86. The lowest BCUT2D eigenvalue weighted by molar-refractivity contribution is -0.117. The monoisotopic (exact) mass is 504 g/mol. The zero-order valence-electron chi connectivity index (χ0n) is 19.3. The van der Waals surface area contributed by atoms with Crippen molar-refractivity contribution in [1.29, 1.82) is 5.26 Å². The molecule has 1 fully saturated rings. The number of carbonyl (C=O) groups excluding carboxylic acids is 3. The van der Waals surface area contributed by atoms with E-state index in [0.29, 0.717) is 26.8 Å². The summed E-state index contributed by atoms with van der Waals surface area (Å²) >= 11 is 2.43. The maximum absolute atomic E-state index is 12.9. The summed E-state index contributed by atoms with van der Waals surface area (Å²) in [6.45, 7) is 3.47. The molecule has 178 valence electrons. The fourth-order valence-corrected chi connectivity index (χ4v) is 5.35. The number of anilines is 3. The zero-order chi connectivity index (χ0) is 24.9. The minimum atomic E-state index is -0.472. The number of carbonyl (C=O) groups is 3. The highest BCUT2D eigenvalue weighted by molar-refractivity contribution is 8.00. The van der Waals surface area contributed by atoms with Crippen LogP contribution in [0.3, 0.4) is 0 Å². The lowest BCUT2D eigenvalue weighted by Gasteiger charge is -2.12. The molecule has 3 amide bonds. The Morgan fingerprint density at radius 1 is 1.03 bits per heavy atom. The number of benzene rings is 2. The van der Waals surface area contributed by atoms with Gasteiger partial charge >= 0.3 is 0 Å². The minimum absolute atomic E-state index is 0.0298. The summed E-state index contributed by atoms with van der Waals surface area (Å²) in [5.41, 5.74) is 2.16. The summed E-state index contributed by atoms with van der Waals surface area (Å²) < 4.78 is 0. The molecule has 7 nitrogen and oxygen atoms in total. The van der Waals surface area contributed by atoms with Crippen LogP contribution in [0, 0.1) is 24.2 Å². The molecule has 1 aromatic heterocycles. The van der Waals surface area contributed by atoms with Crippen LogP contribution in [-0.4, -0.2) is 23.0 Å². The third-order valence-electron chi connectivity index (χ3n) is 5.47. The molecular weight excluding hydrogens is 480 g/mol. The first-order valence-corrected chi connectivity index (χ1v) is 12.8. The minimum Gasteiger partial charge on any atom is -0.326 e. The van der Waals surface area contributed by atoms with Crippen molar-refractivity contribution in [3.63, 3.8) is 0 Å². The SMILES string of the molecule is Cc1c(C(=O)Nc2ccccc2)sc(NC(=O)C(C)Sc2cccc(NC(=O)C3CC3)c2)c1C#N. The molecule has 0 aliphatic heterocycles. The van der Waals surface area contributed by atoms with Crippen LogP contribution in [0.1, 0.15) is 40.6 Å². The van der Waals surface area contributed by atoms with Crippen LogP contribution in [0.25, 0.3) is 0 Å². The summed E-state index contributed by atoms with van der Waals surface area (Å²) in [6, 6.07) is 18.5. The highest BCUT2D eigenvalue weighted by Gasteiger charge is 2.29. The normalized spacial score (nSPS) is 13.4. The first-order chi connectivity index (χ1) is 16.9. The molecule has 3 N–H and O–H groups in total. The van der Waals surface area contributed by atoms with E-state index >= 15 is 0 Å². The standard InChI is InChI=1S/C26H24N4O3S2/c1-15-21(14-27)26(35-22(15)25(33)28-18-7-4-3-5-8-18)30-23(31)16(2)34-20-10-6-9-19(13-20)29-24(32)17-11-12-17/h3-10,13,16-17H,11-12H2,1-2H3,(H,28,33)(H,29,32)(H,30,31). The zero-order valence-corrected chi connectivity index (χ0v) is 20.9. The Morgan fingerprint density at radius 2 is 1.74 bits per heavy atom. The molecule has 1 atom stereocenters. The van der Waals surface area contributed by atoms with Gasteiger partial charge in [0.05, 0.1) is 15.7 Å². The van der Waals surface area contributed by atoms with E-state index in [1.807, 2.05) is 42.5 Å². The third-order valence-corrected chi connectivity index (χ3v) is 7.76. The maximum atomic E-state index is 12.9. The van der Waals surface area contributed by atoms with Crippen molar-refractivity contribution in [2.75, 3.05) is 16.0 Å². The number of hydrogen-bond donors (Lipinski definition) is 3. The van der Waals surface area contributed by atoms with E-state index in [1.165, 1.54) is 11.8 Å². The summed E-state index contributed by atoms with van der Waals surface area (Å²) in [4.78, 5) is 38.9. The van der Waals surface area contributed by atoms with Gasteiger partial charge in [-0.15, -0.1) is 23.1 Å². The molecule has 3 aromatic rings. The highest BCUT2D eigenvalue weighted by atomic mass is 32.2. The summed E-state index contributed by atoms with van der Waals surface area (Å²) in [7, 11) is 0. The van der Waals surface area contributed by atoms with Gasteiger partial charge in [-0.1, -0.05) is 24.3 Å². The number of nitriles is 1. The van der Waals surface area contributed by atoms with E-state index < -0.39 is 5.25 Å². The second-order valence-electron chi connectivity index (χ2n) is 8.23. The Bertz CT molecular complexity index is 1310. The van der Waals surface area contributed by atoms with Crippen LogP contribution in [-0.2, 0) is 9.59 Å². The molecule has 1 saturated carbocycles. The summed E-state index contributed by atoms with van der Waals surface area (Å²) in [5.74, 6) is -0.472. The van der Waals surface area contributed by atoms with Crippen LogP contribution in [0.4, 0.5) is 16.4 Å². The Morgan fingerprint density at radius 3 is 2.43 bits per heavy atom. The number of thiophene rings is 1. The lowest BCUT2D eigenvalue weighted by Crippen LogP contribution is -2.22. The topological polar surface area (TPSA) is 111 Å². The van der Waals surface area contributed by atoms with Crippen molar-refractivity contribution >= 4 is 57.2 Å². The molecule has 1 aliphatic rings. The van der Waals surface area contributed by atoms with Crippen LogP contribution in [0.5, 0.6) is 0 Å². The second kappa shape index (κ2) is 10.8. The first-order valence-electron chi connectivity index (χ1n) is 11.1. The molecule has 0 spiro atoms. The van der Waals surface area contributed by atoms with E-state index in [4.69, 9.17) is 0 Å². The molecule has 0 bridgehead atoms. The van der Waals surface area contributed by atoms with Crippen molar-refractivity contribution in [2.45, 2.75) is 36.8 Å². The first kappa shape index (κ1) is 24.5. The van der Waals surface area contributed by atoms with Gasteiger partial charge in [-0.05, 0) is 62.6 Å². The van der Waals surface area contributed by atoms with Gasteiger partial charge in [-0.3, -0.25) is 14.4 Å². The number of thioether (sulfide) groups is 1. The van der Waals surface area contributed by atoms with Gasteiger partial charge in [0.15, 0.2) is 0 Å². The van der Waals surface area contributed by atoms with E-state index in [9.17, 15) is 19.6 Å². The lowest BCUT2D eigenvalue weighted by atomic mass is 10.1. The van der Waals surface area contributed by atoms with E-state index in [0.717, 1.165) is 29.1 Å². The van der Waals surface area contributed by atoms with E-state index in [-0.39, 0.29) is 29.2 Å². The fourth-order valence-electron chi connectivity index (χ4n) is 3.37. The highest BCUT2D eigenvalue weighted by Crippen LogP contribution is 2.35. The smallest absolute Gasteiger partial charge is 0.266 e. The Hall–Kier alpha value is -3.61. The van der Waals surface area contributed by atoms with Gasteiger partial charge < -0.3 is 16.0 Å². The van der Waals surface area contributed by atoms with Crippen LogP contribution in [0.2, 0.25) is 0 Å². The average Bonchev–Trinajstić information content (AvgIpc) is 3.64. The van der Waals surface area contributed by atoms with E-state index in [2.05, 4.69) is 22.0 Å².